The van der Waals surface area contributed by atoms with Gasteiger partial charge in [0.2, 0.25) is 5.91 Å². The zero-order chi connectivity index (χ0) is 22.7. The van der Waals surface area contributed by atoms with E-state index in [0.29, 0.717) is 0 Å². The van der Waals surface area contributed by atoms with Gasteiger partial charge in [-0.3, -0.25) is 9.69 Å². The van der Waals surface area contributed by atoms with Crippen molar-refractivity contribution in [2.75, 3.05) is 26.2 Å². The summed E-state index contributed by atoms with van der Waals surface area (Å²) in [6.07, 6.45) is 9.71. The standard InChI is InChI=1S/C27H36N4O2/c32-25(23-8-9-23)29-24(22-6-2-1-3-7-22)10-15-30-16-11-27(12-17-30)13-18-31(26(27)33)20-21-5-4-14-28-19-21/h1-7,14,19,23-24,26,33H,8-13,15-18,20H2,(H,29,32)/p+1/t24-,26?/m0/s1. The number of likely N-dealkylation sites (tertiary alicyclic amines) is 2. The van der Waals surface area contributed by atoms with E-state index in [2.05, 4.69) is 50.4 Å². The van der Waals surface area contributed by atoms with Crippen LogP contribution in [0.15, 0.2) is 54.9 Å². The molecule has 1 unspecified atom stereocenters. The third-order valence-corrected chi connectivity index (χ3v) is 8.00. The van der Waals surface area contributed by atoms with Gasteiger partial charge in [-0.2, -0.15) is 0 Å². The first kappa shape index (κ1) is 22.5. The number of piperidine rings is 1. The van der Waals surface area contributed by atoms with E-state index in [4.69, 9.17) is 0 Å². The van der Waals surface area contributed by atoms with Crippen LogP contribution < -0.4 is 10.3 Å². The highest BCUT2D eigenvalue weighted by atomic mass is 16.3. The summed E-state index contributed by atoms with van der Waals surface area (Å²) in [7, 11) is 0. The maximum absolute atomic E-state index is 12.4. The van der Waals surface area contributed by atoms with Crippen LogP contribution in [0.3, 0.4) is 0 Å². The van der Waals surface area contributed by atoms with Gasteiger partial charge in [-0.1, -0.05) is 30.3 Å². The average Bonchev–Trinajstić information content (AvgIpc) is 3.67. The molecule has 2 saturated heterocycles. The Bertz CT molecular complexity index is 910. The topological polar surface area (TPSA) is 70.0 Å². The van der Waals surface area contributed by atoms with Crippen molar-refractivity contribution in [2.45, 2.75) is 57.3 Å². The number of nitrogens with zero attached hydrogens (tertiary/aromatic N) is 2. The number of aromatic nitrogens is 1. The second kappa shape index (κ2) is 9.92. The molecule has 1 aromatic heterocycles. The number of hydrogen-bond acceptors (Lipinski definition) is 4. The SMILES string of the molecule is O=C(N[C@@H](CCN1CCC2(CC1)CCN(Cc1ccc[nH+]c1)C2O)c1ccccc1)C1CC1. The van der Waals surface area contributed by atoms with Gasteiger partial charge in [0.1, 0.15) is 6.23 Å². The Labute approximate surface area is 197 Å². The lowest BCUT2D eigenvalue weighted by Gasteiger charge is -2.42. The molecule has 176 valence electrons. The third-order valence-electron chi connectivity index (χ3n) is 8.00. The van der Waals surface area contributed by atoms with Gasteiger partial charge in [-0.05, 0) is 63.2 Å². The average molecular weight is 450 g/mol. The highest BCUT2D eigenvalue weighted by Gasteiger charge is 2.47. The highest BCUT2D eigenvalue weighted by Crippen LogP contribution is 2.45. The summed E-state index contributed by atoms with van der Waals surface area (Å²) in [6, 6.07) is 14.6. The number of aliphatic hydroxyl groups excluding tert-OH is 1. The second-order valence-corrected chi connectivity index (χ2v) is 10.2. The fraction of sp³-hybridized carbons (Fsp3) is 0.556. The normalized spacial score (nSPS) is 24.1. The molecule has 1 aromatic carbocycles. The molecule has 3 N–H and O–H groups in total. The maximum atomic E-state index is 12.4. The molecular formula is C27H37N4O2+. The van der Waals surface area contributed by atoms with E-state index in [9.17, 15) is 9.90 Å². The zero-order valence-electron chi connectivity index (χ0n) is 19.5. The summed E-state index contributed by atoms with van der Waals surface area (Å²) in [5.74, 6) is 0.443. The smallest absolute Gasteiger partial charge is 0.223 e. The number of amides is 1. The van der Waals surface area contributed by atoms with Crippen LogP contribution in [0.5, 0.6) is 0 Å². The molecule has 1 saturated carbocycles. The molecule has 2 aliphatic heterocycles. The summed E-state index contributed by atoms with van der Waals surface area (Å²) in [5.41, 5.74) is 2.43. The van der Waals surface area contributed by atoms with Crippen LogP contribution in [0.2, 0.25) is 0 Å². The van der Waals surface area contributed by atoms with Crippen LogP contribution in [0.1, 0.15) is 55.7 Å². The van der Waals surface area contributed by atoms with Crippen molar-refractivity contribution < 1.29 is 14.9 Å². The second-order valence-electron chi connectivity index (χ2n) is 10.2. The Hall–Kier alpha value is -2.28. The molecule has 0 bridgehead atoms. The van der Waals surface area contributed by atoms with Crippen molar-refractivity contribution in [1.82, 2.24) is 15.1 Å². The summed E-state index contributed by atoms with van der Waals surface area (Å²) >= 11 is 0. The van der Waals surface area contributed by atoms with Crippen LogP contribution in [0.25, 0.3) is 0 Å². The predicted molar refractivity (Wildman–Crippen MR) is 127 cm³/mol. The van der Waals surface area contributed by atoms with Crippen molar-refractivity contribution >= 4 is 5.91 Å². The van der Waals surface area contributed by atoms with E-state index in [1.54, 1.807) is 0 Å². The zero-order valence-corrected chi connectivity index (χ0v) is 19.5. The number of aromatic amines is 1. The van der Waals surface area contributed by atoms with Gasteiger partial charge in [-0.15, -0.1) is 0 Å². The maximum Gasteiger partial charge on any atom is 0.223 e. The van der Waals surface area contributed by atoms with Crippen molar-refractivity contribution in [3.8, 4) is 0 Å². The van der Waals surface area contributed by atoms with E-state index < -0.39 is 0 Å². The number of rotatable bonds is 8. The van der Waals surface area contributed by atoms with Crippen LogP contribution in [-0.4, -0.2) is 53.2 Å². The number of carbonyl (C=O) groups is 1. The molecule has 0 radical (unpaired) electrons. The Kier molecular flexibility index (Phi) is 6.76. The quantitative estimate of drug-likeness (QED) is 0.650. The first-order valence-electron chi connectivity index (χ1n) is 12.6. The van der Waals surface area contributed by atoms with Gasteiger partial charge in [0.15, 0.2) is 12.4 Å². The molecule has 5 rings (SSSR count). The summed E-state index contributed by atoms with van der Waals surface area (Å²) < 4.78 is 0. The lowest BCUT2D eigenvalue weighted by molar-refractivity contribution is -0.378. The fourth-order valence-electron chi connectivity index (χ4n) is 5.62. The molecule has 2 aromatic rings. The molecule has 2 atom stereocenters. The van der Waals surface area contributed by atoms with E-state index >= 15 is 0 Å². The Morgan fingerprint density at radius 3 is 2.55 bits per heavy atom. The van der Waals surface area contributed by atoms with Gasteiger partial charge in [0, 0.05) is 42.6 Å². The number of benzene rings is 1. The van der Waals surface area contributed by atoms with Crippen LogP contribution in [0, 0.1) is 11.3 Å². The van der Waals surface area contributed by atoms with Crippen LogP contribution >= 0.6 is 0 Å². The molecule has 33 heavy (non-hydrogen) atoms. The number of aliphatic hydroxyl groups is 1. The summed E-state index contributed by atoms with van der Waals surface area (Å²) in [6.45, 7) is 4.76. The number of pyridine rings is 1. The lowest BCUT2D eigenvalue weighted by Crippen LogP contribution is -2.47. The van der Waals surface area contributed by atoms with Crippen molar-refractivity contribution in [3.63, 3.8) is 0 Å². The first-order chi connectivity index (χ1) is 16.1. The van der Waals surface area contributed by atoms with Gasteiger partial charge < -0.3 is 15.3 Å². The van der Waals surface area contributed by atoms with Gasteiger partial charge in [-0.25, -0.2) is 4.98 Å². The van der Waals surface area contributed by atoms with E-state index in [0.717, 1.165) is 71.2 Å². The molecular weight excluding hydrogens is 412 g/mol. The molecule has 1 aliphatic carbocycles. The minimum atomic E-state index is -0.366. The van der Waals surface area contributed by atoms with Gasteiger partial charge >= 0.3 is 0 Å². The molecule has 1 spiro atoms. The first-order valence-corrected chi connectivity index (χ1v) is 12.6. The monoisotopic (exact) mass is 449 g/mol. The summed E-state index contributed by atoms with van der Waals surface area (Å²) in [4.78, 5) is 20.3. The Balaban J connectivity index is 1.14. The van der Waals surface area contributed by atoms with Crippen molar-refractivity contribution in [3.05, 3.63) is 66.0 Å². The van der Waals surface area contributed by atoms with Crippen LogP contribution in [0.4, 0.5) is 0 Å². The minimum Gasteiger partial charge on any atom is -0.378 e. The molecule has 3 fully saturated rings. The molecule has 6 heteroatoms. The molecule has 3 aliphatic rings. The molecule has 6 nitrogen and oxygen atoms in total. The predicted octanol–water partition coefficient (Wildman–Crippen LogP) is 2.76. The van der Waals surface area contributed by atoms with Crippen molar-refractivity contribution in [1.29, 1.82) is 0 Å². The van der Waals surface area contributed by atoms with Gasteiger partial charge in [0.05, 0.1) is 6.04 Å². The van der Waals surface area contributed by atoms with Crippen LogP contribution in [-0.2, 0) is 11.3 Å². The van der Waals surface area contributed by atoms with E-state index in [1.165, 1.54) is 11.1 Å². The number of carbonyl (C=O) groups excluding carboxylic acids is 1. The molecule has 1 amide bonds. The van der Waals surface area contributed by atoms with E-state index in [-0.39, 0.29) is 29.5 Å². The minimum absolute atomic E-state index is 0.0218. The highest BCUT2D eigenvalue weighted by molar-refractivity contribution is 5.81. The fourth-order valence-corrected chi connectivity index (χ4v) is 5.62. The van der Waals surface area contributed by atoms with Crippen molar-refractivity contribution in [2.24, 2.45) is 11.3 Å². The summed E-state index contributed by atoms with van der Waals surface area (Å²) in [5, 5.41) is 14.5. The molecule has 3 heterocycles. The lowest BCUT2D eigenvalue weighted by atomic mass is 9.76. The number of hydrogen-bond donors (Lipinski definition) is 2. The largest absolute Gasteiger partial charge is 0.378 e. The Morgan fingerprint density at radius 2 is 1.85 bits per heavy atom. The van der Waals surface area contributed by atoms with Gasteiger partial charge in [0.25, 0.3) is 0 Å². The Morgan fingerprint density at radius 1 is 1.09 bits per heavy atom. The number of H-pyrrole nitrogens is 1. The van der Waals surface area contributed by atoms with E-state index in [1.807, 2.05) is 24.5 Å². The third kappa shape index (κ3) is 5.29. The number of nitrogens with one attached hydrogen (secondary N) is 2.